The lowest BCUT2D eigenvalue weighted by Gasteiger charge is -1.99. The number of nitrogens with zero attached hydrogens (tertiary/aromatic N) is 2. The number of amides is 1. The number of alkyl halides is 1. The van der Waals surface area contributed by atoms with Gasteiger partial charge in [0.2, 0.25) is 0 Å². The largest absolute Gasteiger partial charge is 0.348 e. The van der Waals surface area contributed by atoms with E-state index in [1.165, 1.54) is 0 Å². The van der Waals surface area contributed by atoms with Crippen molar-refractivity contribution in [3.05, 3.63) is 29.6 Å². The predicted octanol–water partition coefficient (Wildman–Crippen LogP) is 1.25. The SMILES string of the molecule is Cc1nn(C)cc1C(=O)NC/C=C/CCl. The zero-order valence-corrected chi connectivity index (χ0v) is 9.58. The first kappa shape index (κ1) is 11.8. The molecule has 0 radical (unpaired) electrons. The Labute approximate surface area is 93.9 Å². The lowest BCUT2D eigenvalue weighted by Crippen LogP contribution is -2.23. The van der Waals surface area contributed by atoms with Crippen molar-refractivity contribution in [1.29, 1.82) is 0 Å². The molecule has 0 aliphatic rings. The summed E-state index contributed by atoms with van der Waals surface area (Å²) in [6.07, 6.45) is 5.31. The van der Waals surface area contributed by atoms with Gasteiger partial charge in [-0.15, -0.1) is 11.6 Å². The Morgan fingerprint density at radius 2 is 2.40 bits per heavy atom. The maximum atomic E-state index is 11.6. The molecule has 15 heavy (non-hydrogen) atoms. The molecule has 0 saturated heterocycles. The minimum Gasteiger partial charge on any atom is -0.348 e. The second kappa shape index (κ2) is 5.56. The first-order valence-electron chi connectivity index (χ1n) is 4.64. The third-order valence-corrected chi connectivity index (χ3v) is 2.07. The van der Waals surface area contributed by atoms with Gasteiger partial charge in [-0.05, 0) is 6.92 Å². The molecule has 0 spiro atoms. The molecule has 0 fully saturated rings. The van der Waals surface area contributed by atoms with Crippen LogP contribution < -0.4 is 5.32 Å². The quantitative estimate of drug-likeness (QED) is 0.622. The van der Waals surface area contributed by atoms with Crippen LogP contribution in [-0.4, -0.2) is 28.1 Å². The maximum Gasteiger partial charge on any atom is 0.254 e. The van der Waals surface area contributed by atoms with Crippen molar-refractivity contribution < 1.29 is 4.79 Å². The van der Waals surface area contributed by atoms with E-state index in [0.717, 1.165) is 5.69 Å². The Morgan fingerprint density at radius 1 is 1.67 bits per heavy atom. The zero-order chi connectivity index (χ0) is 11.3. The summed E-state index contributed by atoms with van der Waals surface area (Å²) >= 11 is 5.45. The minimum absolute atomic E-state index is 0.111. The van der Waals surface area contributed by atoms with Gasteiger partial charge in [0, 0.05) is 25.7 Å². The topological polar surface area (TPSA) is 46.9 Å². The van der Waals surface area contributed by atoms with E-state index in [2.05, 4.69) is 10.4 Å². The van der Waals surface area contributed by atoms with E-state index in [9.17, 15) is 4.79 Å². The fraction of sp³-hybridized carbons (Fsp3) is 0.400. The number of hydrogen-bond acceptors (Lipinski definition) is 2. The lowest BCUT2D eigenvalue weighted by molar-refractivity contribution is 0.0957. The van der Waals surface area contributed by atoms with Crippen molar-refractivity contribution in [2.75, 3.05) is 12.4 Å². The highest BCUT2D eigenvalue weighted by Gasteiger charge is 2.10. The number of nitrogens with one attached hydrogen (secondary N) is 1. The fourth-order valence-corrected chi connectivity index (χ4v) is 1.34. The average Bonchev–Trinajstić information content (AvgIpc) is 2.52. The molecule has 0 aromatic carbocycles. The molecule has 0 saturated carbocycles. The number of carbonyl (C=O) groups is 1. The van der Waals surface area contributed by atoms with Crippen LogP contribution in [0, 0.1) is 6.92 Å². The van der Waals surface area contributed by atoms with Gasteiger partial charge >= 0.3 is 0 Å². The summed E-state index contributed by atoms with van der Waals surface area (Å²) in [4.78, 5) is 11.6. The summed E-state index contributed by atoms with van der Waals surface area (Å²) in [6.45, 7) is 2.30. The van der Waals surface area contributed by atoms with Gasteiger partial charge in [0.1, 0.15) is 0 Å². The van der Waals surface area contributed by atoms with Crippen LogP contribution in [0.5, 0.6) is 0 Å². The van der Waals surface area contributed by atoms with Gasteiger partial charge in [0.05, 0.1) is 11.3 Å². The fourth-order valence-electron chi connectivity index (χ4n) is 1.22. The summed E-state index contributed by atoms with van der Waals surface area (Å²) in [5.74, 6) is 0.349. The van der Waals surface area contributed by atoms with Crippen LogP contribution in [0.1, 0.15) is 16.1 Å². The van der Waals surface area contributed by atoms with Gasteiger partial charge in [0.15, 0.2) is 0 Å². The standard InChI is InChI=1S/C10H14ClN3O/c1-8-9(7-14(2)13-8)10(15)12-6-4-3-5-11/h3-4,7H,5-6H2,1-2H3,(H,12,15)/b4-3+. The molecule has 5 heteroatoms. The van der Waals surface area contributed by atoms with E-state index in [4.69, 9.17) is 11.6 Å². The summed E-state index contributed by atoms with van der Waals surface area (Å²) in [5, 5.41) is 6.84. The number of aryl methyl sites for hydroxylation is 2. The van der Waals surface area contributed by atoms with Crippen LogP contribution in [-0.2, 0) is 7.05 Å². The third kappa shape index (κ3) is 3.40. The molecular formula is C10H14ClN3O. The summed E-state index contributed by atoms with van der Waals surface area (Å²) in [6, 6.07) is 0. The van der Waals surface area contributed by atoms with Crippen molar-refractivity contribution in [1.82, 2.24) is 15.1 Å². The molecule has 82 valence electrons. The molecule has 1 aromatic rings. The highest BCUT2D eigenvalue weighted by atomic mass is 35.5. The summed E-state index contributed by atoms with van der Waals surface area (Å²) in [7, 11) is 1.79. The van der Waals surface area contributed by atoms with Gasteiger partial charge in [0.25, 0.3) is 5.91 Å². The first-order valence-corrected chi connectivity index (χ1v) is 5.18. The monoisotopic (exact) mass is 227 g/mol. The van der Waals surface area contributed by atoms with E-state index in [1.54, 1.807) is 24.0 Å². The molecular weight excluding hydrogens is 214 g/mol. The maximum absolute atomic E-state index is 11.6. The number of hydrogen-bond donors (Lipinski definition) is 1. The Kier molecular flexibility index (Phi) is 4.37. The van der Waals surface area contributed by atoms with Crippen LogP contribution >= 0.6 is 11.6 Å². The van der Waals surface area contributed by atoms with E-state index >= 15 is 0 Å². The van der Waals surface area contributed by atoms with E-state index in [-0.39, 0.29) is 5.91 Å². The van der Waals surface area contributed by atoms with Crippen LogP contribution in [0.4, 0.5) is 0 Å². The molecule has 0 unspecified atom stereocenters. The molecule has 1 heterocycles. The molecule has 4 nitrogen and oxygen atoms in total. The van der Waals surface area contributed by atoms with Crippen LogP contribution in [0.2, 0.25) is 0 Å². The normalized spacial score (nSPS) is 10.9. The lowest BCUT2D eigenvalue weighted by atomic mass is 10.2. The van der Waals surface area contributed by atoms with Crippen molar-refractivity contribution >= 4 is 17.5 Å². The molecule has 1 N–H and O–H groups in total. The molecule has 1 rings (SSSR count). The average molecular weight is 228 g/mol. The Hall–Kier alpha value is -1.29. The highest BCUT2D eigenvalue weighted by Crippen LogP contribution is 2.03. The Balaban J connectivity index is 2.54. The highest BCUT2D eigenvalue weighted by molar-refractivity contribution is 6.18. The molecule has 1 amide bonds. The second-order valence-electron chi connectivity index (χ2n) is 3.14. The van der Waals surface area contributed by atoms with Crippen molar-refractivity contribution in [2.45, 2.75) is 6.92 Å². The number of halogens is 1. The smallest absolute Gasteiger partial charge is 0.254 e. The Bertz CT molecular complexity index is 371. The molecule has 0 atom stereocenters. The van der Waals surface area contributed by atoms with Crippen molar-refractivity contribution in [3.63, 3.8) is 0 Å². The van der Waals surface area contributed by atoms with Gasteiger partial charge < -0.3 is 5.32 Å². The molecule has 0 aliphatic heterocycles. The summed E-state index contributed by atoms with van der Waals surface area (Å²) < 4.78 is 1.62. The number of carbonyl (C=O) groups excluding carboxylic acids is 1. The second-order valence-corrected chi connectivity index (χ2v) is 3.45. The van der Waals surface area contributed by atoms with Crippen molar-refractivity contribution in [2.24, 2.45) is 7.05 Å². The van der Waals surface area contributed by atoms with Gasteiger partial charge in [-0.25, -0.2) is 0 Å². The first-order chi connectivity index (χ1) is 7.15. The van der Waals surface area contributed by atoms with Gasteiger partial charge in [-0.3, -0.25) is 9.48 Å². The molecule has 0 aliphatic carbocycles. The van der Waals surface area contributed by atoms with E-state index in [0.29, 0.717) is 18.0 Å². The third-order valence-electron chi connectivity index (χ3n) is 1.89. The van der Waals surface area contributed by atoms with E-state index < -0.39 is 0 Å². The van der Waals surface area contributed by atoms with Crippen LogP contribution in [0.25, 0.3) is 0 Å². The van der Waals surface area contributed by atoms with Crippen LogP contribution in [0.15, 0.2) is 18.3 Å². The zero-order valence-electron chi connectivity index (χ0n) is 8.83. The van der Waals surface area contributed by atoms with Crippen LogP contribution in [0.3, 0.4) is 0 Å². The van der Waals surface area contributed by atoms with Gasteiger partial charge in [-0.2, -0.15) is 5.10 Å². The number of aromatic nitrogens is 2. The number of rotatable bonds is 4. The van der Waals surface area contributed by atoms with E-state index in [1.807, 2.05) is 13.0 Å². The minimum atomic E-state index is -0.111. The number of allylic oxidation sites excluding steroid dienone is 1. The predicted molar refractivity (Wildman–Crippen MR) is 60.1 cm³/mol. The van der Waals surface area contributed by atoms with Crippen molar-refractivity contribution in [3.8, 4) is 0 Å². The Morgan fingerprint density at radius 3 is 2.93 bits per heavy atom. The van der Waals surface area contributed by atoms with Gasteiger partial charge in [-0.1, -0.05) is 12.2 Å². The molecule has 1 aromatic heterocycles. The molecule has 0 bridgehead atoms. The summed E-state index contributed by atoms with van der Waals surface area (Å²) in [5.41, 5.74) is 1.34.